The van der Waals surface area contributed by atoms with Crippen molar-refractivity contribution in [2.75, 3.05) is 47.6 Å². The van der Waals surface area contributed by atoms with E-state index in [2.05, 4.69) is 4.98 Å². The fourth-order valence-electron chi connectivity index (χ4n) is 5.11. The van der Waals surface area contributed by atoms with E-state index in [1.165, 1.54) is 30.7 Å². The Hall–Kier alpha value is -4.00. The molecule has 0 bridgehead atoms. The van der Waals surface area contributed by atoms with Gasteiger partial charge in [-0.2, -0.15) is 4.31 Å². The van der Waals surface area contributed by atoms with Gasteiger partial charge in [0.1, 0.15) is 18.4 Å². The quantitative estimate of drug-likeness (QED) is 0.221. The number of piperidine rings is 1. The average Bonchev–Trinajstić information content (AvgIpc) is 3.05. The molecule has 0 aliphatic carbocycles. The van der Waals surface area contributed by atoms with Gasteiger partial charge in [0.05, 0.1) is 25.7 Å². The largest absolute Gasteiger partial charge is 0.497 e. The Kier molecular flexibility index (Phi) is 11.1. The number of carbonyl (C=O) groups is 2. The van der Waals surface area contributed by atoms with E-state index >= 15 is 0 Å². The Balaban J connectivity index is 1.62. The second kappa shape index (κ2) is 14.9. The molecule has 2 heterocycles. The smallest absolute Gasteiger partial charge is 0.409 e. The van der Waals surface area contributed by atoms with Crippen molar-refractivity contribution in [1.82, 2.24) is 14.2 Å². The molecule has 1 aliphatic heterocycles. The molecular weight excluding hydrogens is 574 g/mol. The number of pyridine rings is 1. The molecule has 1 unspecified atom stereocenters. The van der Waals surface area contributed by atoms with Gasteiger partial charge in [-0.3, -0.25) is 9.78 Å². The first-order valence-electron chi connectivity index (χ1n) is 13.9. The van der Waals surface area contributed by atoms with Crippen molar-refractivity contribution < 1.29 is 37.0 Å². The normalized spacial score (nSPS) is 14.7. The number of ether oxygens (including phenoxy) is 4. The summed E-state index contributed by atoms with van der Waals surface area (Å²) < 4.78 is 50.3. The highest BCUT2D eigenvalue weighted by molar-refractivity contribution is 7.89. The van der Waals surface area contributed by atoms with Crippen LogP contribution in [0.25, 0.3) is 11.1 Å². The standard InChI is InChI=1S/C31H37N3O8S/c1-39-19-20-42-31(36)33-17-14-26(15-18-33)29(30(35)41-3)34(22-23-5-4-16-32-21-23)43(37,38)28-12-8-25(9-13-28)24-6-10-27(40-2)11-7-24/h4-13,16,21,26,29H,14-15,17-20,22H2,1-3H3. The van der Waals surface area contributed by atoms with E-state index in [1.54, 1.807) is 48.7 Å². The summed E-state index contributed by atoms with van der Waals surface area (Å²) in [6.07, 6.45) is 3.47. The number of aromatic nitrogens is 1. The highest BCUT2D eigenvalue weighted by atomic mass is 32.2. The monoisotopic (exact) mass is 611 g/mol. The molecule has 0 N–H and O–H groups in total. The molecular formula is C31H37N3O8S. The summed E-state index contributed by atoms with van der Waals surface area (Å²) in [5.74, 6) is -0.347. The summed E-state index contributed by atoms with van der Waals surface area (Å²) in [5, 5.41) is 0. The van der Waals surface area contributed by atoms with Crippen LogP contribution in [-0.2, 0) is 35.6 Å². The zero-order chi connectivity index (χ0) is 30.8. The number of benzene rings is 2. The number of rotatable bonds is 12. The van der Waals surface area contributed by atoms with Crippen LogP contribution in [0.2, 0.25) is 0 Å². The Bertz CT molecular complexity index is 1440. The molecule has 1 aliphatic rings. The second-order valence-electron chi connectivity index (χ2n) is 10.1. The van der Waals surface area contributed by atoms with Crippen LogP contribution >= 0.6 is 0 Å². The van der Waals surface area contributed by atoms with Gasteiger partial charge in [-0.25, -0.2) is 13.2 Å². The molecule has 43 heavy (non-hydrogen) atoms. The van der Waals surface area contributed by atoms with Gasteiger partial charge in [-0.15, -0.1) is 0 Å². The SMILES string of the molecule is COCCOC(=O)N1CCC(C(C(=O)OC)N(Cc2cccnc2)S(=O)(=O)c2ccc(-c3ccc(OC)cc3)cc2)CC1. The minimum absolute atomic E-state index is 0.0433. The lowest BCUT2D eigenvalue weighted by Gasteiger charge is -2.38. The van der Waals surface area contributed by atoms with E-state index in [9.17, 15) is 18.0 Å². The topological polar surface area (TPSA) is 125 Å². The van der Waals surface area contributed by atoms with E-state index in [1.807, 2.05) is 24.3 Å². The van der Waals surface area contributed by atoms with Crippen molar-refractivity contribution in [1.29, 1.82) is 0 Å². The highest BCUT2D eigenvalue weighted by Crippen LogP contribution is 2.32. The maximum absolute atomic E-state index is 14.3. The number of hydrogen-bond acceptors (Lipinski definition) is 9. The number of nitrogens with zero attached hydrogens (tertiary/aromatic N) is 3. The van der Waals surface area contributed by atoms with Gasteiger partial charge in [-0.05, 0) is 65.8 Å². The molecule has 3 aromatic rings. The molecule has 4 rings (SSSR count). The van der Waals surface area contributed by atoms with E-state index in [4.69, 9.17) is 18.9 Å². The number of sulfonamides is 1. The van der Waals surface area contributed by atoms with Crippen molar-refractivity contribution in [3.8, 4) is 16.9 Å². The molecule has 230 valence electrons. The fourth-order valence-corrected chi connectivity index (χ4v) is 6.74. The van der Waals surface area contributed by atoms with Crippen LogP contribution in [0.4, 0.5) is 4.79 Å². The number of esters is 1. The van der Waals surface area contributed by atoms with Gasteiger partial charge < -0.3 is 23.8 Å². The molecule has 1 saturated heterocycles. The Labute approximate surface area is 252 Å². The summed E-state index contributed by atoms with van der Waals surface area (Å²) in [7, 11) is 0.168. The van der Waals surface area contributed by atoms with Gasteiger partial charge >= 0.3 is 12.1 Å². The van der Waals surface area contributed by atoms with Gasteiger partial charge in [0.15, 0.2) is 0 Å². The summed E-state index contributed by atoms with van der Waals surface area (Å²) in [6.45, 7) is 0.946. The predicted molar refractivity (Wildman–Crippen MR) is 159 cm³/mol. The molecule has 1 atom stereocenters. The zero-order valence-electron chi connectivity index (χ0n) is 24.5. The average molecular weight is 612 g/mol. The number of amides is 1. The first-order chi connectivity index (χ1) is 20.8. The third-order valence-corrected chi connectivity index (χ3v) is 9.30. The van der Waals surface area contributed by atoms with Gasteiger partial charge in [0, 0.05) is 39.1 Å². The maximum Gasteiger partial charge on any atom is 0.409 e. The predicted octanol–water partition coefficient (Wildman–Crippen LogP) is 3.98. The van der Waals surface area contributed by atoms with Crippen molar-refractivity contribution >= 4 is 22.1 Å². The minimum atomic E-state index is -4.19. The molecule has 12 heteroatoms. The summed E-state index contributed by atoms with van der Waals surface area (Å²) in [4.78, 5) is 31.5. The van der Waals surface area contributed by atoms with E-state index < -0.39 is 34.0 Å². The summed E-state index contributed by atoms with van der Waals surface area (Å²) >= 11 is 0. The van der Waals surface area contributed by atoms with Crippen LogP contribution in [0.15, 0.2) is 78.0 Å². The lowest BCUT2D eigenvalue weighted by molar-refractivity contribution is -0.148. The second-order valence-corrected chi connectivity index (χ2v) is 12.0. The van der Waals surface area contributed by atoms with Crippen LogP contribution in [0, 0.1) is 5.92 Å². The zero-order valence-corrected chi connectivity index (χ0v) is 25.4. The van der Waals surface area contributed by atoms with Crippen molar-refractivity contribution in [3.05, 3.63) is 78.6 Å². The molecule has 2 aromatic carbocycles. The Morgan fingerprint density at radius 2 is 1.60 bits per heavy atom. The third kappa shape index (κ3) is 7.89. The number of likely N-dealkylation sites (tertiary alicyclic amines) is 1. The third-order valence-electron chi connectivity index (χ3n) is 7.46. The van der Waals surface area contributed by atoms with Crippen LogP contribution < -0.4 is 4.74 Å². The first kappa shape index (κ1) is 31.9. The minimum Gasteiger partial charge on any atom is -0.497 e. The lowest BCUT2D eigenvalue weighted by Crippen LogP contribution is -2.52. The molecule has 11 nitrogen and oxygen atoms in total. The van der Waals surface area contributed by atoms with Gasteiger partial charge in [0.25, 0.3) is 0 Å². The van der Waals surface area contributed by atoms with E-state index in [0.717, 1.165) is 16.9 Å². The first-order valence-corrected chi connectivity index (χ1v) is 15.4. The van der Waals surface area contributed by atoms with Gasteiger partial charge in [-0.1, -0.05) is 30.3 Å². The maximum atomic E-state index is 14.3. The molecule has 0 saturated carbocycles. The molecule has 1 fully saturated rings. The van der Waals surface area contributed by atoms with Crippen molar-refractivity contribution in [2.24, 2.45) is 5.92 Å². The van der Waals surface area contributed by atoms with Crippen LogP contribution in [0.3, 0.4) is 0 Å². The van der Waals surface area contributed by atoms with E-state index in [0.29, 0.717) is 31.5 Å². The fraction of sp³-hybridized carbons (Fsp3) is 0.387. The van der Waals surface area contributed by atoms with Crippen molar-refractivity contribution in [3.63, 3.8) is 0 Å². The lowest BCUT2D eigenvalue weighted by atomic mass is 9.89. The number of hydrogen-bond donors (Lipinski definition) is 0. The Morgan fingerprint density at radius 1 is 0.953 bits per heavy atom. The summed E-state index contributed by atoms with van der Waals surface area (Å²) in [5.41, 5.74) is 2.35. The van der Waals surface area contributed by atoms with E-state index in [-0.39, 0.29) is 24.7 Å². The number of carbonyl (C=O) groups excluding carboxylic acids is 2. The number of methoxy groups -OCH3 is 3. The highest BCUT2D eigenvalue weighted by Gasteiger charge is 2.43. The molecule has 0 radical (unpaired) electrons. The summed E-state index contributed by atoms with van der Waals surface area (Å²) in [6, 6.07) is 16.4. The molecule has 1 amide bonds. The van der Waals surface area contributed by atoms with Crippen molar-refractivity contribution in [2.45, 2.75) is 30.3 Å². The van der Waals surface area contributed by atoms with Crippen LogP contribution in [-0.4, -0.2) is 88.3 Å². The van der Waals surface area contributed by atoms with Crippen LogP contribution in [0.5, 0.6) is 5.75 Å². The van der Waals surface area contributed by atoms with Gasteiger partial charge in [0.2, 0.25) is 10.0 Å². The molecule has 0 spiro atoms. The Morgan fingerprint density at radius 3 is 2.16 bits per heavy atom. The molecule has 1 aromatic heterocycles. The van der Waals surface area contributed by atoms with Crippen LogP contribution in [0.1, 0.15) is 18.4 Å².